The molecule has 0 fully saturated rings. The van der Waals surface area contributed by atoms with E-state index in [0.717, 1.165) is 17.7 Å². The van der Waals surface area contributed by atoms with Gasteiger partial charge in [0.2, 0.25) is 5.76 Å². The average Bonchev–Trinajstić information content (AvgIpc) is 3.08. The van der Waals surface area contributed by atoms with Crippen molar-refractivity contribution in [3.63, 3.8) is 0 Å². The Balaban J connectivity index is 1.77. The molecule has 126 valence electrons. The fourth-order valence-electron chi connectivity index (χ4n) is 1.73. The Morgan fingerprint density at radius 2 is 1.92 bits per heavy atom. The highest BCUT2D eigenvalue weighted by atomic mass is 16.7. The van der Waals surface area contributed by atoms with Gasteiger partial charge in [-0.1, -0.05) is 12.1 Å². The molecule has 1 amide bonds. The van der Waals surface area contributed by atoms with Gasteiger partial charge in [0.1, 0.15) is 10.7 Å². The molecule has 9 heteroatoms. The van der Waals surface area contributed by atoms with Crippen LogP contribution in [0, 0.1) is 10.1 Å². The van der Waals surface area contributed by atoms with Crippen LogP contribution >= 0.6 is 0 Å². The minimum absolute atomic E-state index is 0.257. The third-order valence-electron chi connectivity index (χ3n) is 2.96. The van der Waals surface area contributed by atoms with E-state index >= 15 is 0 Å². The molecule has 2 aromatic rings. The van der Waals surface area contributed by atoms with Crippen LogP contribution in [0.2, 0.25) is 0 Å². The lowest BCUT2D eigenvalue weighted by Gasteiger charge is -2.06. The largest absolute Gasteiger partial charge is 0.497 e. The van der Waals surface area contributed by atoms with Crippen molar-refractivity contribution < 1.29 is 28.4 Å². The molecule has 0 aliphatic heterocycles. The Kier molecular flexibility index (Phi) is 5.50. The minimum atomic E-state index is -0.956. The van der Waals surface area contributed by atoms with Crippen LogP contribution in [0.4, 0.5) is 5.88 Å². The van der Waals surface area contributed by atoms with Gasteiger partial charge in [-0.3, -0.25) is 14.9 Å². The number of carbonyl (C=O) groups is 2. The highest BCUT2D eigenvalue weighted by molar-refractivity contribution is 5.89. The van der Waals surface area contributed by atoms with E-state index in [1.165, 1.54) is 0 Å². The van der Waals surface area contributed by atoms with Crippen LogP contribution in [-0.2, 0) is 16.1 Å². The van der Waals surface area contributed by atoms with Crippen LogP contribution in [0.1, 0.15) is 16.1 Å². The average molecular weight is 334 g/mol. The van der Waals surface area contributed by atoms with E-state index in [0.29, 0.717) is 5.75 Å². The number of hydrogen-bond donors (Lipinski definition) is 1. The van der Waals surface area contributed by atoms with Gasteiger partial charge in [-0.2, -0.15) is 0 Å². The van der Waals surface area contributed by atoms with Gasteiger partial charge in [0.15, 0.2) is 6.61 Å². The molecular weight excluding hydrogens is 320 g/mol. The number of furan rings is 1. The Labute approximate surface area is 136 Å². The second-order valence-electron chi connectivity index (χ2n) is 4.60. The molecule has 0 saturated heterocycles. The number of hydrogen-bond acceptors (Lipinski definition) is 7. The maximum absolute atomic E-state index is 11.6. The number of ether oxygens (including phenoxy) is 2. The predicted octanol–water partition coefficient (Wildman–Crippen LogP) is 1.67. The second kappa shape index (κ2) is 7.77. The van der Waals surface area contributed by atoms with E-state index in [4.69, 9.17) is 9.47 Å². The first-order valence-corrected chi connectivity index (χ1v) is 6.80. The van der Waals surface area contributed by atoms with Crippen LogP contribution < -0.4 is 10.1 Å². The second-order valence-corrected chi connectivity index (χ2v) is 4.60. The van der Waals surface area contributed by atoms with Crippen molar-refractivity contribution >= 4 is 17.8 Å². The zero-order chi connectivity index (χ0) is 17.5. The van der Waals surface area contributed by atoms with Crippen LogP contribution in [0.25, 0.3) is 0 Å². The first-order valence-electron chi connectivity index (χ1n) is 6.80. The topological polar surface area (TPSA) is 121 Å². The van der Waals surface area contributed by atoms with Crippen molar-refractivity contribution in [2.75, 3.05) is 13.7 Å². The molecule has 0 spiro atoms. The van der Waals surface area contributed by atoms with Crippen LogP contribution in [-0.4, -0.2) is 30.5 Å². The summed E-state index contributed by atoms with van der Waals surface area (Å²) in [4.78, 5) is 32.9. The Bertz CT molecular complexity index is 737. The molecule has 9 nitrogen and oxygen atoms in total. The molecule has 24 heavy (non-hydrogen) atoms. The summed E-state index contributed by atoms with van der Waals surface area (Å²) in [5.41, 5.74) is 0.845. The van der Waals surface area contributed by atoms with Crippen molar-refractivity contribution in [1.29, 1.82) is 0 Å². The third-order valence-corrected chi connectivity index (χ3v) is 2.96. The number of nitro groups is 1. The fourth-order valence-corrected chi connectivity index (χ4v) is 1.73. The lowest BCUT2D eigenvalue weighted by atomic mass is 10.2. The van der Waals surface area contributed by atoms with Gasteiger partial charge in [0.05, 0.1) is 13.2 Å². The number of carbonyl (C=O) groups excluding carboxylic acids is 2. The lowest BCUT2D eigenvalue weighted by Crippen LogP contribution is -2.28. The molecular formula is C15H14N2O7. The minimum Gasteiger partial charge on any atom is -0.497 e. The van der Waals surface area contributed by atoms with Gasteiger partial charge >= 0.3 is 11.9 Å². The van der Waals surface area contributed by atoms with E-state index in [2.05, 4.69) is 9.73 Å². The van der Waals surface area contributed by atoms with E-state index in [9.17, 15) is 19.7 Å². The highest BCUT2D eigenvalue weighted by Crippen LogP contribution is 2.16. The van der Waals surface area contributed by atoms with Gasteiger partial charge < -0.3 is 19.2 Å². The Hall–Kier alpha value is -3.36. The van der Waals surface area contributed by atoms with E-state index in [1.54, 1.807) is 31.4 Å². The molecule has 1 N–H and O–H groups in total. The maximum Gasteiger partial charge on any atom is 0.433 e. The molecule has 0 atom stereocenters. The summed E-state index contributed by atoms with van der Waals surface area (Å²) in [6.07, 6.45) is 0. The SMILES string of the molecule is COc1ccc(CNC(=O)COC(=O)c2ccc([N+](=O)[O-])o2)cc1. The van der Waals surface area contributed by atoms with E-state index in [1.807, 2.05) is 0 Å². The number of amides is 1. The number of nitrogens with one attached hydrogen (secondary N) is 1. The van der Waals surface area contributed by atoms with Crippen molar-refractivity contribution in [3.8, 4) is 5.75 Å². The first kappa shape index (κ1) is 17.0. The number of benzene rings is 1. The Morgan fingerprint density at radius 3 is 2.50 bits per heavy atom. The normalized spacial score (nSPS) is 10.0. The molecule has 1 aromatic heterocycles. The van der Waals surface area contributed by atoms with Crippen molar-refractivity contribution in [2.45, 2.75) is 6.54 Å². The highest BCUT2D eigenvalue weighted by Gasteiger charge is 2.19. The van der Waals surface area contributed by atoms with Crippen LogP contribution in [0.3, 0.4) is 0 Å². The van der Waals surface area contributed by atoms with E-state index < -0.39 is 29.3 Å². The molecule has 1 aromatic carbocycles. The summed E-state index contributed by atoms with van der Waals surface area (Å²) in [5, 5.41) is 13.0. The smallest absolute Gasteiger partial charge is 0.433 e. The monoisotopic (exact) mass is 334 g/mol. The molecule has 0 radical (unpaired) electrons. The van der Waals surface area contributed by atoms with Gasteiger partial charge in [-0.05, 0) is 23.8 Å². The first-order chi connectivity index (χ1) is 11.5. The summed E-state index contributed by atoms with van der Waals surface area (Å²) < 4.78 is 14.4. The molecule has 0 saturated carbocycles. The number of rotatable bonds is 7. The summed E-state index contributed by atoms with van der Waals surface area (Å²) in [5.74, 6) is -1.69. The number of nitrogens with zero attached hydrogens (tertiary/aromatic N) is 1. The summed E-state index contributed by atoms with van der Waals surface area (Å²) in [6.45, 7) is -0.268. The van der Waals surface area contributed by atoms with Gasteiger partial charge in [0.25, 0.3) is 5.91 Å². The van der Waals surface area contributed by atoms with Crippen molar-refractivity contribution in [2.24, 2.45) is 0 Å². The molecule has 0 unspecified atom stereocenters. The number of methoxy groups -OCH3 is 1. The molecule has 0 aliphatic rings. The summed E-state index contributed by atoms with van der Waals surface area (Å²) in [7, 11) is 1.55. The fraction of sp³-hybridized carbons (Fsp3) is 0.200. The van der Waals surface area contributed by atoms with Gasteiger partial charge in [-0.25, -0.2) is 4.79 Å². The van der Waals surface area contributed by atoms with E-state index in [-0.39, 0.29) is 12.3 Å². The number of esters is 1. The molecule has 2 rings (SSSR count). The van der Waals surface area contributed by atoms with Gasteiger partial charge in [-0.15, -0.1) is 0 Å². The van der Waals surface area contributed by atoms with Gasteiger partial charge in [0, 0.05) is 6.54 Å². The standard InChI is InChI=1S/C15H14N2O7/c1-22-11-4-2-10(3-5-11)8-16-13(18)9-23-15(19)12-6-7-14(24-12)17(20)21/h2-7H,8-9H2,1H3,(H,16,18). The van der Waals surface area contributed by atoms with Crippen molar-refractivity contribution in [3.05, 3.63) is 57.8 Å². The van der Waals surface area contributed by atoms with Crippen LogP contribution in [0.15, 0.2) is 40.8 Å². The van der Waals surface area contributed by atoms with Crippen molar-refractivity contribution in [1.82, 2.24) is 5.32 Å². The zero-order valence-corrected chi connectivity index (χ0v) is 12.7. The van der Waals surface area contributed by atoms with Crippen LogP contribution in [0.5, 0.6) is 5.75 Å². The predicted molar refractivity (Wildman–Crippen MR) is 80.5 cm³/mol. The zero-order valence-electron chi connectivity index (χ0n) is 12.7. The quantitative estimate of drug-likeness (QED) is 0.464. The maximum atomic E-state index is 11.6. The molecule has 1 heterocycles. The Morgan fingerprint density at radius 1 is 1.21 bits per heavy atom. The lowest BCUT2D eigenvalue weighted by molar-refractivity contribution is -0.402. The molecule has 0 aliphatic carbocycles. The summed E-state index contributed by atoms with van der Waals surface area (Å²) >= 11 is 0. The molecule has 0 bridgehead atoms. The summed E-state index contributed by atoms with van der Waals surface area (Å²) in [6, 6.07) is 9.22. The third kappa shape index (κ3) is 4.57.